The third-order valence-electron chi connectivity index (χ3n) is 5.86. The first-order chi connectivity index (χ1) is 13.6. The average Bonchev–Trinajstić information content (AvgIpc) is 2.73. The fourth-order valence-corrected chi connectivity index (χ4v) is 4.31. The van der Waals surface area contributed by atoms with Crippen LogP contribution in [0, 0.1) is 5.92 Å². The van der Waals surface area contributed by atoms with Crippen molar-refractivity contribution in [1.82, 2.24) is 15.1 Å². The fraction of sp³-hybridized carbons (Fsp3) is 0.682. The molecule has 0 radical (unpaired) electrons. The van der Waals surface area contributed by atoms with E-state index in [0.717, 1.165) is 43.5 Å². The average molecular weight is 516 g/mol. The SMILES string of the molecule is CN=C(NCC(C)CN1CCCCC1)N1CCc2cc(OC)c(OC)cc2C1.I. The van der Waals surface area contributed by atoms with Crippen molar-refractivity contribution in [3.8, 4) is 11.5 Å². The Kier molecular flexibility index (Phi) is 9.82. The van der Waals surface area contributed by atoms with Crippen molar-refractivity contribution < 1.29 is 9.47 Å². The van der Waals surface area contributed by atoms with Crippen molar-refractivity contribution >= 4 is 29.9 Å². The highest BCUT2D eigenvalue weighted by Gasteiger charge is 2.22. The second kappa shape index (κ2) is 11.8. The van der Waals surface area contributed by atoms with Gasteiger partial charge in [-0.25, -0.2) is 0 Å². The third-order valence-corrected chi connectivity index (χ3v) is 5.86. The molecule has 1 N–H and O–H groups in total. The van der Waals surface area contributed by atoms with E-state index < -0.39 is 0 Å². The molecule has 2 aliphatic rings. The molecule has 0 amide bonds. The van der Waals surface area contributed by atoms with Crippen molar-refractivity contribution in [3.63, 3.8) is 0 Å². The lowest BCUT2D eigenvalue weighted by Crippen LogP contribution is -2.46. The van der Waals surface area contributed by atoms with Gasteiger partial charge in [-0.05, 0) is 61.5 Å². The number of hydrogen-bond donors (Lipinski definition) is 1. The Balaban J connectivity index is 0.00000300. The van der Waals surface area contributed by atoms with Gasteiger partial charge in [0, 0.05) is 33.2 Å². The van der Waals surface area contributed by atoms with Crippen LogP contribution in [0.3, 0.4) is 0 Å². The summed E-state index contributed by atoms with van der Waals surface area (Å²) in [4.78, 5) is 9.48. The molecular weight excluding hydrogens is 479 g/mol. The number of rotatable bonds is 6. The monoisotopic (exact) mass is 516 g/mol. The number of halogens is 1. The van der Waals surface area contributed by atoms with Crippen LogP contribution in [0.4, 0.5) is 0 Å². The van der Waals surface area contributed by atoms with Gasteiger partial charge in [-0.1, -0.05) is 13.3 Å². The van der Waals surface area contributed by atoms with Gasteiger partial charge in [0.1, 0.15) is 0 Å². The van der Waals surface area contributed by atoms with Crippen LogP contribution in [0.15, 0.2) is 17.1 Å². The molecule has 3 rings (SSSR count). The van der Waals surface area contributed by atoms with E-state index in [1.54, 1.807) is 14.2 Å². The quantitative estimate of drug-likeness (QED) is 0.357. The van der Waals surface area contributed by atoms with E-state index in [9.17, 15) is 0 Å². The lowest BCUT2D eigenvalue weighted by molar-refractivity contribution is 0.200. The molecule has 1 fully saturated rings. The van der Waals surface area contributed by atoms with Gasteiger partial charge >= 0.3 is 0 Å². The second-order valence-electron chi connectivity index (χ2n) is 8.04. The molecule has 0 saturated carbocycles. The standard InChI is InChI=1S/C22H36N4O2.HI/c1-17(15-25-9-6-5-7-10-25)14-24-22(23-2)26-11-8-18-12-20(27-3)21(28-4)13-19(18)16-26;/h12-13,17H,5-11,14-16H2,1-4H3,(H,23,24);1H. The Hall–Kier alpha value is -1.22. The normalized spacial score (nSPS) is 18.5. The summed E-state index contributed by atoms with van der Waals surface area (Å²) in [6.07, 6.45) is 5.08. The van der Waals surface area contributed by atoms with E-state index in [1.165, 1.54) is 50.0 Å². The number of guanidine groups is 1. The lowest BCUT2D eigenvalue weighted by atomic mass is 9.99. The summed E-state index contributed by atoms with van der Waals surface area (Å²) < 4.78 is 10.9. The van der Waals surface area contributed by atoms with Gasteiger partial charge in [0.2, 0.25) is 0 Å². The molecule has 1 unspecified atom stereocenters. The highest BCUT2D eigenvalue weighted by molar-refractivity contribution is 14.0. The Labute approximate surface area is 193 Å². The van der Waals surface area contributed by atoms with Crippen molar-refractivity contribution in [2.75, 3.05) is 54.0 Å². The Morgan fingerprint density at radius 3 is 2.34 bits per heavy atom. The molecule has 1 aromatic rings. The number of fused-ring (bicyclic) bond motifs is 1. The number of methoxy groups -OCH3 is 2. The van der Waals surface area contributed by atoms with Gasteiger partial charge < -0.3 is 24.6 Å². The zero-order chi connectivity index (χ0) is 19.9. The van der Waals surface area contributed by atoms with Crippen LogP contribution in [-0.4, -0.2) is 69.8 Å². The molecule has 0 aromatic heterocycles. The summed E-state index contributed by atoms with van der Waals surface area (Å²) in [6, 6.07) is 4.22. The van der Waals surface area contributed by atoms with Crippen molar-refractivity contribution in [3.05, 3.63) is 23.3 Å². The maximum absolute atomic E-state index is 5.48. The van der Waals surface area contributed by atoms with E-state index >= 15 is 0 Å². The van der Waals surface area contributed by atoms with E-state index in [0.29, 0.717) is 5.92 Å². The minimum Gasteiger partial charge on any atom is -0.493 e. The van der Waals surface area contributed by atoms with Gasteiger partial charge in [0.05, 0.1) is 14.2 Å². The number of benzene rings is 1. The van der Waals surface area contributed by atoms with Crippen molar-refractivity contribution in [2.24, 2.45) is 10.9 Å². The Morgan fingerprint density at radius 2 is 1.72 bits per heavy atom. The molecule has 7 heteroatoms. The molecular formula is C22H37IN4O2. The minimum atomic E-state index is 0. The first kappa shape index (κ1) is 24.1. The maximum atomic E-state index is 5.48. The number of likely N-dealkylation sites (tertiary alicyclic amines) is 1. The second-order valence-corrected chi connectivity index (χ2v) is 8.04. The van der Waals surface area contributed by atoms with Crippen LogP contribution >= 0.6 is 24.0 Å². The summed E-state index contributed by atoms with van der Waals surface area (Å²) in [7, 11) is 5.26. The van der Waals surface area contributed by atoms with Gasteiger partial charge in [0.15, 0.2) is 17.5 Å². The van der Waals surface area contributed by atoms with Gasteiger partial charge in [0.25, 0.3) is 0 Å². The van der Waals surface area contributed by atoms with E-state index in [2.05, 4.69) is 39.2 Å². The van der Waals surface area contributed by atoms with Crippen LogP contribution in [0.2, 0.25) is 0 Å². The summed E-state index contributed by atoms with van der Waals surface area (Å²) in [5.74, 6) is 3.20. The van der Waals surface area contributed by atoms with Crippen LogP contribution in [0.25, 0.3) is 0 Å². The molecule has 6 nitrogen and oxygen atoms in total. The summed E-state index contributed by atoms with van der Waals surface area (Å²) in [5, 5.41) is 3.60. The topological polar surface area (TPSA) is 49.3 Å². The van der Waals surface area contributed by atoms with E-state index in [4.69, 9.17) is 9.47 Å². The molecule has 164 valence electrons. The molecule has 0 spiro atoms. The lowest BCUT2D eigenvalue weighted by Gasteiger charge is -2.33. The number of ether oxygens (including phenoxy) is 2. The van der Waals surface area contributed by atoms with Crippen LogP contribution in [0.5, 0.6) is 11.5 Å². The molecule has 2 aliphatic heterocycles. The zero-order valence-electron chi connectivity index (χ0n) is 18.4. The summed E-state index contributed by atoms with van der Waals surface area (Å²) >= 11 is 0. The molecule has 29 heavy (non-hydrogen) atoms. The van der Waals surface area contributed by atoms with Crippen LogP contribution in [0.1, 0.15) is 37.3 Å². The Bertz CT molecular complexity index is 677. The highest BCUT2D eigenvalue weighted by atomic mass is 127. The number of piperidine rings is 1. The first-order valence-corrected chi connectivity index (χ1v) is 10.6. The molecule has 1 saturated heterocycles. The number of nitrogens with one attached hydrogen (secondary N) is 1. The number of hydrogen-bond acceptors (Lipinski definition) is 4. The molecule has 0 bridgehead atoms. The smallest absolute Gasteiger partial charge is 0.193 e. The van der Waals surface area contributed by atoms with Crippen LogP contribution in [-0.2, 0) is 13.0 Å². The van der Waals surface area contributed by atoms with Gasteiger partial charge in [-0.2, -0.15) is 0 Å². The molecule has 1 aromatic carbocycles. The van der Waals surface area contributed by atoms with Crippen LogP contribution < -0.4 is 14.8 Å². The summed E-state index contributed by atoms with van der Waals surface area (Å²) in [6.45, 7) is 8.78. The van der Waals surface area contributed by atoms with E-state index in [-0.39, 0.29) is 24.0 Å². The predicted molar refractivity (Wildman–Crippen MR) is 130 cm³/mol. The molecule has 2 heterocycles. The fourth-order valence-electron chi connectivity index (χ4n) is 4.31. The first-order valence-electron chi connectivity index (χ1n) is 10.6. The molecule has 0 aliphatic carbocycles. The Morgan fingerprint density at radius 1 is 1.07 bits per heavy atom. The van der Waals surface area contributed by atoms with Gasteiger partial charge in [-0.3, -0.25) is 4.99 Å². The summed E-state index contributed by atoms with van der Waals surface area (Å²) in [5.41, 5.74) is 2.62. The van der Waals surface area contributed by atoms with Crippen molar-refractivity contribution in [2.45, 2.75) is 39.2 Å². The van der Waals surface area contributed by atoms with Crippen molar-refractivity contribution in [1.29, 1.82) is 0 Å². The minimum absolute atomic E-state index is 0. The number of aliphatic imine (C=N–C) groups is 1. The largest absolute Gasteiger partial charge is 0.493 e. The zero-order valence-corrected chi connectivity index (χ0v) is 20.7. The predicted octanol–water partition coefficient (Wildman–Crippen LogP) is 3.38. The molecule has 1 atom stereocenters. The maximum Gasteiger partial charge on any atom is 0.193 e. The highest BCUT2D eigenvalue weighted by Crippen LogP contribution is 2.33. The van der Waals surface area contributed by atoms with E-state index in [1.807, 2.05) is 7.05 Å². The third kappa shape index (κ3) is 6.38. The van der Waals surface area contributed by atoms with Gasteiger partial charge in [-0.15, -0.1) is 24.0 Å². The number of nitrogens with zero attached hydrogens (tertiary/aromatic N) is 3.